The van der Waals surface area contributed by atoms with Crippen LogP contribution in [0.3, 0.4) is 0 Å². The molecule has 8 heteroatoms. The minimum Gasteiger partial charge on any atom is -0.330 e. The van der Waals surface area contributed by atoms with E-state index in [1.165, 1.54) is 0 Å². The van der Waals surface area contributed by atoms with Crippen molar-refractivity contribution in [2.45, 2.75) is 45.2 Å². The zero-order chi connectivity index (χ0) is 24.2. The zero-order valence-corrected chi connectivity index (χ0v) is 20.5. The van der Waals surface area contributed by atoms with Crippen molar-refractivity contribution in [1.29, 1.82) is 5.41 Å². The van der Waals surface area contributed by atoms with Crippen LogP contribution in [0.25, 0.3) is 0 Å². The van der Waals surface area contributed by atoms with Gasteiger partial charge in [-0.05, 0) is 65.4 Å². The summed E-state index contributed by atoms with van der Waals surface area (Å²) in [7, 11) is 3.97. The molecule has 0 radical (unpaired) electrons. The third-order valence-electron chi connectivity index (χ3n) is 6.87. The summed E-state index contributed by atoms with van der Waals surface area (Å²) < 4.78 is 0. The van der Waals surface area contributed by atoms with E-state index in [0.29, 0.717) is 18.7 Å². The Hall–Kier alpha value is -2.71. The van der Waals surface area contributed by atoms with E-state index in [1.54, 1.807) is 4.90 Å². The topological polar surface area (TPSA) is 101 Å². The largest absolute Gasteiger partial charge is 0.330 e. The van der Waals surface area contributed by atoms with Gasteiger partial charge in [0.2, 0.25) is 5.91 Å². The molecule has 1 aromatic carbocycles. The number of amidine groups is 1. The molecular weight excluding hydrogens is 416 g/mol. The van der Waals surface area contributed by atoms with Gasteiger partial charge in [0, 0.05) is 18.7 Å². The molecule has 1 saturated heterocycles. The molecule has 2 atom stereocenters. The molecule has 1 aromatic rings. The van der Waals surface area contributed by atoms with Gasteiger partial charge in [0.25, 0.3) is 0 Å². The van der Waals surface area contributed by atoms with Gasteiger partial charge in [-0.3, -0.25) is 10.2 Å². The van der Waals surface area contributed by atoms with Crippen LogP contribution < -0.4 is 16.0 Å². The molecule has 4 N–H and O–H groups in total. The predicted molar refractivity (Wildman–Crippen MR) is 131 cm³/mol. The fourth-order valence-corrected chi connectivity index (χ4v) is 4.53. The summed E-state index contributed by atoms with van der Waals surface area (Å²) in [4.78, 5) is 29.9. The molecule has 0 saturated carbocycles. The standard InChI is InChI=1S/C25H38N6O2/c1-17-20(22(26)29-23(32)19-12-9-13-27-14-19)15-31(25(17,2)3)24(33)28-21(16-30(4)5)18-10-7-6-8-11-18/h6-8,10-11,19,21,27H,9,12-16H2,1-5H3,(H,28,33)(H2,26,29,32)/t19-,21-/m1/s1. The van der Waals surface area contributed by atoms with E-state index < -0.39 is 5.54 Å². The molecule has 0 unspecified atom stereocenters. The third kappa shape index (κ3) is 5.81. The lowest BCUT2D eigenvalue weighted by atomic mass is 9.94. The van der Waals surface area contributed by atoms with Gasteiger partial charge in [0.1, 0.15) is 5.84 Å². The molecule has 0 aromatic heterocycles. The van der Waals surface area contributed by atoms with Gasteiger partial charge < -0.3 is 25.8 Å². The molecule has 33 heavy (non-hydrogen) atoms. The quantitative estimate of drug-likeness (QED) is 0.392. The van der Waals surface area contributed by atoms with Crippen molar-refractivity contribution in [3.8, 4) is 0 Å². The second-order valence-corrected chi connectivity index (χ2v) is 9.83. The molecule has 2 aliphatic rings. The Morgan fingerprint density at radius 1 is 1.27 bits per heavy atom. The van der Waals surface area contributed by atoms with E-state index >= 15 is 0 Å². The van der Waals surface area contributed by atoms with E-state index in [4.69, 9.17) is 5.41 Å². The SMILES string of the molecule is CC1=C(C(=N)NC(=O)[C@@H]2CCCNC2)CN(C(=O)N[C@H](CN(C)C)c2ccccc2)C1(C)C. The van der Waals surface area contributed by atoms with Gasteiger partial charge in [-0.25, -0.2) is 4.79 Å². The molecule has 180 valence electrons. The Balaban J connectivity index is 1.71. The highest BCUT2D eigenvalue weighted by Gasteiger charge is 2.42. The van der Waals surface area contributed by atoms with Crippen molar-refractivity contribution >= 4 is 17.8 Å². The fraction of sp³-hybridized carbons (Fsp3) is 0.560. The number of amides is 3. The highest BCUT2D eigenvalue weighted by atomic mass is 16.2. The van der Waals surface area contributed by atoms with Crippen LogP contribution in [-0.4, -0.2) is 73.4 Å². The highest BCUT2D eigenvalue weighted by Crippen LogP contribution is 2.34. The third-order valence-corrected chi connectivity index (χ3v) is 6.87. The van der Waals surface area contributed by atoms with Crippen molar-refractivity contribution < 1.29 is 9.59 Å². The minimum absolute atomic E-state index is 0.0966. The smallest absolute Gasteiger partial charge is 0.318 e. The number of carbonyl (C=O) groups excluding carboxylic acids is 2. The number of nitrogens with one attached hydrogen (secondary N) is 4. The van der Waals surface area contributed by atoms with Gasteiger partial charge in [-0.15, -0.1) is 0 Å². The molecule has 0 aliphatic carbocycles. The molecule has 0 spiro atoms. The number of urea groups is 1. The Kier molecular flexibility index (Phi) is 7.92. The molecule has 1 fully saturated rings. The maximum absolute atomic E-state index is 13.4. The van der Waals surface area contributed by atoms with E-state index in [9.17, 15) is 9.59 Å². The number of rotatable bonds is 6. The van der Waals surface area contributed by atoms with E-state index in [0.717, 1.165) is 30.5 Å². The fourth-order valence-electron chi connectivity index (χ4n) is 4.53. The van der Waals surface area contributed by atoms with Crippen molar-refractivity contribution in [3.63, 3.8) is 0 Å². The maximum atomic E-state index is 13.4. The van der Waals surface area contributed by atoms with Crippen molar-refractivity contribution in [2.75, 3.05) is 40.3 Å². The van der Waals surface area contributed by atoms with Crippen LogP contribution in [0.2, 0.25) is 0 Å². The lowest BCUT2D eigenvalue weighted by Gasteiger charge is -2.35. The van der Waals surface area contributed by atoms with E-state index in [1.807, 2.05) is 70.1 Å². The van der Waals surface area contributed by atoms with Crippen LogP contribution in [0.1, 0.15) is 45.2 Å². The lowest BCUT2D eigenvalue weighted by molar-refractivity contribution is -0.124. The second kappa shape index (κ2) is 10.5. The van der Waals surface area contributed by atoms with Crippen LogP contribution in [0.5, 0.6) is 0 Å². The van der Waals surface area contributed by atoms with Gasteiger partial charge in [0.05, 0.1) is 24.0 Å². The molecule has 8 nitrogen and oxygen atoms in total. The van der Waals surface area contributed by atoms with Crippen LogP contribution in [0, 0.1) is 11.3 Å². The molecule has 0 bridgehead atoms. The summed E-state index contributed by atoms with van der Waals surface area (Å²) in [6.45, 7) is 8.45. The van der Waals surface area contributed by atoms with E-state index in [-0.39, 0.29) is 36.3 Å². The molecule has 2 aliphatic heterocycles. The summed E-state index contributed by atoms with van der Waals surface area (Å²) in [6.07, 6.45) is 1.79. The van der Waals surface area contributed by atoms with Crippen molar-refractivity contribution in [1.82, 2.24) is 25.8 Å². The van der Waals surface area contributed by atoms with Crippen LogP contribution >= 0.6 is 0 Å². The Labute approximate surface area is 197 Å². The summed E-state index contributed by atoms with van der Waals surface area (Å²) in [5.74, 6) is -0.144. The van der Waals surface area contributed by atoms with Crippen LogP contribution in [0.15, 0.2) is 41.5 Å². The first-order chi connectivity index (χ1) is 15.6. The second-order valence-electron chi connectivity index (χ2n) is 9.83. The average molecular weight is 455 g/mol. The summed E-state index contributed by atoms with van der Waals surface area (Å²) in [5, 5.41) is 17.8. The maximum Gasteiger partial charge on any atom is 0.318 e. The predicted octanol–water partition coefficient (Wildman–Crippen LogP) is 2.50. The number of nitrogens with zero attached hydrogens (tertiary/aromatic N) is 2. The van der Waals surface area contributed by atoms with Crippen molar-refractivity contribution in [3.05, 3.63) is 47.0 Å². The number of hydrogen-bond donors (Lipinski definition) is 4. The number of benzene rings is 1. The summed E-state index contributed by atoms with van der Waals surface area (Å²) >= 11 is 0. The lowest BCUT2D eigenvalue weighted by Crippen LogP contribution is -2.51. The van der Waals surface area contributed by atoms with Gasteiger partial charge >= 0.3 is 6.03 Å². The zero-order valence-electron chi connectivity index (χ0n) is 20.5. The highest BCUT2D eigenvalue weighted by molar-refractivity contribution is 6.08. The Morgan fingerprint density at radius 3 is 2.58 bits per heavy atom. The van der Waals surface area contributed by atoms with E-state index in [2.05, 4.69) is 16.0 Å². The first-order valence-corrected chi connectivity index (χ1v) is 11.7. The van der Waals surface area contributed by atoms with Crippen molar-refractivity contribution in [2.24, 2.45) is 5.92 Å². The first-order valence-electron chi connectivity index (χ1n) is 11.7. The summed E-state index contributed by atoms with van der Waals surface area (Å²) in [5.41, 5.74) is 2.11. The number of carbonyl (C=O) groups is 2. The first kappa shape index (κ1) is 24.9. The van der Waals surface area contributed by atoms with Gasteiger partial charge in [-0.2, -0.15) is 0 Å². The van der Waals surface area contributed by atoms with Gasteiger partial charge in [0.15, 0.2) is 0 Å². The monoisotopic (exact) mass is 454 g/mol. The Morgan fingerprint density at radius 2 is 1.97 bits per heavy atom. The van der Waals surface area contributed by atoms with Gasteiger partial charge in [-0.1, -0.05) is 30.3 Å². The van der Waals surface area contributed by atoms with Crippen LogP contribution in [-0.2, 0) is 4.79 Å². The molecular formula is C25H38N6O2. The number of hydrogen-bond acceptors (Lipinski definition) is 5. The normalized spacial score (nSPS) is 21.2. The number of likely N-dealkylation sites (N-methyl/N-ethyl adjacent to an activating group) is 1. The minimum atomic E-state index is -0.567. The molecule has 2 heterocycles. The summed E-state index contributed by atoms with van der Waals surface area (Å²) in [6, 6.07) is 9.60. The Bertz CT molecular complexity index is 903. The van der Waals surface area contributed by atoms with Crippen LogP contribution in [0.4, 0.5) is 4.79 Å². The average Bonchev–Trinajstić information content (AvgIpc) is 3.03. The molecule has 3 amide bonds. The number of piperidine rings is 1. The molecule has 3 rings (SSSR count).